The predicted octanol–water partition coefficient (Wildman–Crippen LogP) is 1.09. The van der Waals surface area contributed by atoms with E-state index in [0.29, 0.717) is 6.42 Å². The van der Waals surface area contributed by atoms with Gasteiger partial charge in [0.05, 0.1) is 6.10 Å². The van der Waals surface area contributed by atoms with Crippen LogP contribution in [0.5, 0.6) is 0 Å². The van der Waals surface area contributed by atoms with Crippen LogP contribution in [0.1, 0.15) is 25.7 Å². The van der Waals surface area contributed by atoms with Gasteiger partial charge in [0, 0.05) is 6.61 Å². The molecule has 0 unspecified atom stereocenters. The Kier molecular flexibility index (Phi) is 6.55. The fourth-order valence-electron chi connectivity index (χ4n) is 0.802. The molecule has 1 atom stereocenters. The predicted molar refractivity (Wildman–Crippen MR) is 41.8 cm³/mol. The van der Waals surface area contributed by atoms with E-state index in [0.717, 1.165) is 19.3 Å². The van der Waals surface area contributed by atoms with Gasteiger partial charge in [-0.15, -0.1) is 6.58 Å². The number of rotatable bonds is 6. The van der Waals surface area contributed by atoms with Crippen LogP contribution in [-0.4, -0.2) is 22.9 Å². The Labute approximate surface area is 62.2 Å². The molecule has 0 spiro atoms. The molecule has 60 valence electrons. The molecule has 10 heavy (non-hydrogen) atoms. The van der Waals surface area contributed by atoms with Gasteiger partial charge in [-0.2, -0.15) is 0 Å². The van der Waals surface area contributed by atoms with Crippen molar-refractivity contribution in [1.82, 2.24) is 0 Å². The quantitative estimate of drug-likeness (QED) is 0.432. The molecule has 2 nitrogen and oxygen atoms in total. The molecule has 0 rings (SSSR count). The molecule has 0 aromatic heterocycles. The number of hydrogen-bond donors (Lipinski definition) is 2. The zero-order valence-electron chi connectivity index (χ0n) is 6.29. The van der Waals surface area contributed by atoms with Crippen LogP contribution in [0.15, 0.2) is 12.7 Å². The number of unbranched alkanes of at least 4 members (excludes halogenated alkanes) is 1. The Morgan fingerprint density at radius 3 is 2.60 bits per heavy atom. The Hall–Kier alpha value is -0.340. The summed E-state index contributed by atoms with van der Waals surface area (Å²) in [5.41, 5.74) is 0. The van der Waals surface area contributed by atoms with Crippen molar-refractivity contribution in [3.05, 3.63) is 12.7 Å². The van der Waals surface area contributed by atoms with E-state index in [2.05, 4.69) is 6.58 Å². The number of aliphatic hydroxyl groups excluding tert-OH is 2. The van der Waals surface area contributed by atoms with E-state index in [-0.39, 0.29) is 12.7 Å². The molecule has 0 bridgehead atoms. The Bertz CT molecular complexity index is 81.3. The van der Waals surface area contributed by atoms with E-state index in [9.17, 15) is 0 Å². The third-order valence-corrected chi connectivity index (χ3v) is 1.38. The van der Waals surface area contributed by atoms with Crippen molar-refractivity contribution in [2.45, 2.75) is 31.8 Å². The van der Waals surface area contributed by atoms with Crippen LogP contribution >= 0.6 is 0 Å². The monoisotopic (exact) mass is 144 g/mol. The second kappa shape index (κ2) is 6.78. The van der Waals surface area contributed by atoms with Crippen molar-refractivity contribution >= 4 is 0 Å². The molecule has 2 N–H and O–H groups in total. The van der Waals surface area contributed by atoms with Crippen LogP contribution < -0.4 is 0 Å². The molecule has 0 saturated carbocycles. The van der Waals surface area contributed by atoms with Gasteiger partial charge in [0.25, 0.3) is 0 Å². The second-order valence-electron chi connectivity index (χ2n) is 2.40. The largest absolute Gasteiger partial charge is 0.396 e. The van der Waals surface area contributed by atoms with Crippen LogP contribution in [0.2, 0.25) is 0 Å². The van der Waals surface area contributed by atoms with Gasteiger partial charge in [0.15, 0.2) is 0 Å². The molecular formula is C8H16O2. The molecule has 0 aliphatic rings. The van der Waals surface area contributed by atoms with Gasteiger partial charge in [0.1, 0.15) is 0 Å². The summed E-state index contributed by atoms with van der Waals surface area (Å²) in [6.07, 6.45) is 4.56. The van der Waals surface area contributed by atoms with E-state index in [1.807, 2.05) is 0 Å². The van der Waals surface area contributed by atoms with Crippen LogP contribution in [0.4, 0.5) is 0 Å². The molecule has 0 amide bonds. The van der Waals surface area contributed by atoms with Crippen molar-refractivity contribution in [2.75, 3.05) is 6.61 Å². The lowest BCUT2D eigenvalue weighted by atomic mass is 10.1. The highest BCUT2D eigenvalue weighted by molar-refractivity contribution is 4.71. The summed E-state index contributed by atoms with van der Waals surface area (Å²) in [7, 11) is 0. The van der Waals surface area contributed by atoms with Gasteiger partial charge in [0.2, 0.25) is 0 Å². The van der Waals surface area contributed by atoms with Gasteiger partial charge in [-0.1, -0.05) is 6.08 Å². The van der Waals surface area contributed by atoms with Crippen LogP contribution in [-0.2, 0) is 0 Å². The summed E-state index contributed by atoms with van der Waals surface area (Å²) < 4.78 is 0. The number of aliphatic hydroxyl groups is 2. The molecule has 0 aliphatic heterocycles. The topological polar surface area (TPSA) is 40.5 Å². The first-order valence-corrected chi connectivity index (χ1v) is 3.71. The van der Waals surface area contributed by atoms with Crippen LogP contribution in [0, 0.1) is 0 Å². The lowest BCUT2D eigenvalue weighted by Crippen LogP contribution is -2.04. The summed E-state index contributed by atoms with van der Waals surface area (Å²) in [5.74, 6) is 0. The highest BCUT2D eigenvalue weighted by Crippen LogP contribution is 2.03. The van der Waals surface area contributed by atoms with Crippen molar-refractivity contribution in [3.8, 4) is 0 Å². The first-order chi connectivity index (χ1) is 4.81. The fourth-order valence-corrected chi connectivity index (χ4v) is 0.802. The summed E-state index contributed by atoms with van der Waals surface area (Å²) in [4.78, 5) is 0. The van der Waals surface area contributed by atoms with Gasteiger partial charge in [-0.05, 0) is 25.7 Å². The summed E-state index contributed by atoms with van der Waals surface area (Å²) in [5, 5.41) is 17.5. The Morgan fingerprint density at radius 2 is 2.10 bits per heavy atom. The molecule has 0 saturated heterocycles. The van der Waals surface area contributed by atoms with E-state index in [1.54, 1.807) is 6.08 Å². The molecule has 0 heterocycles. The van der Waals surface area contributed by atoms with Gasteiger partial charge >= 0.3 is 0 Å². The molecule has 0 aromatic carbocycles. The average Bonchev–Trinajstić information content (AvgIpc) is 1.89. The minimum atomic E-state index is -0.260. The normalized spacial score (nSPS) is 13.0. The highest BCUT2D eigenvalue weighted by atomic mass is 16.3. The third-order valence-electron chi connectivity index (χ3n) is 1.38. The maximum absolute atomic E-state index is 9.12. The van der Waals surface area contributed by atoms with Crippen molar-refractivity contribution < 1.29 is 10.2 Å². The van der Waals surface area contributed by atoms with Crippen molar-refractivity contribution in [3.63, 3.8) is 0 Å². The minimum absolute atomic E-state index is 0.223. The Balaban J connectivity index is 3.04. The molecule has 2 heteroatoms. The summed E-state index contributed by atoms with van der Waals surface area (Å²) in [6.45, 7) is 3.74. The molecule has 0 aliphatic carbocycles. The van der Waals surface area contributed by atoms with Crippen LogP contribution in [0.25, 0.3) is 0 Å². The maximum Gasteiger partial charge on any atom is 0.0574 e. The first-order valence-electron chi connectivity index (χ1n) is 3.71. The van der Waals surface area contributed by atoms with E-state index >= 15 is 0 Å². The van der Waals surface area contributed by atoms with Crippen molar-refractivity contribution in [1.29, 1.82) is 0 Å². The molecule has 0 aromatic rings. The zero-order chi connectivity index (χ0) is 7.82. The lowest BCUT2D eigenvalue weighted by Gasteiger charge is -2.05. The molecule has 0 fully saturated rings. The van der Waals surface area contributed by atoms with Gasteiger partial charge < -0.3 is 10.2 Å². The fraction of sp³-hybridized carbons (Fsp3) is 0.750. The summed E-state index contributed by atoms with van der Waals surface area (Å²) in [6, 6.07) is 0. The van der Waals surface area contributed by atoms with E-state index < -0.39 is 0 Å². The van der Waals surface area contributed by atoms with E-state index in [1.165, 1.54) is 0 Å². The first kappa shape index (κ1) is 9.66. The molecular weight excluding hydrogens is 128 g/mol. The third kappa shape index (κ3) is 5.79. The van der Waals surface area contributed by atoms with Gasteiger partial charge in [-0.3, -0.25) is 0 Å². The maximum atomic E-state index is 9.12. The molecule has 0 radical (unpaired) electrons. The minimum Gasteiger partial charge on any atom is -0.396 e. The highest BCUT2D eigenvalue weighted by Gasteiger charge is 1.99. The zero-order valence-corrected chi connectivity index (χ0v) is 6.29. The van der Waals surface area contributed by atoms with Gasteiger partial charge in [-0.25, -0.2) is 0 Å². The SMILES string of the molecule is C=CC[C@@H](O)CCCCO. The second-order valence-corrected chi connectivity index (χ2v) is 2.40. The smallest absolute Gasteiger partial charge is 0.0574 e. The summed E-state index contributed by atoms with van der Waals surface area (Å²) >= 11 is 0. The standard InChI is InChI=1S/C8H16O2/c1-2-5-8(10)6-3-4-7-9/h2,8-10H,1,3-7H2/t8-/m1/s1. The van der Waals surface area contributed by atoms with Crippen molar-refractivity contribution in [2.24, 2.45) is 0 Å². The average molecular weight is 144 g/mol. The lowest BCUT2D eigenvalue weighted by molar-refractivity contribution is 0.160. The Morgan fingerprint density at radius 1 is 1.40 bits per heavy atom. The van der Waals surface area contributed by atoms with E-state index in [4.69, 9.17) is 10.2 Å². The van der Waals surface area contributed by atoms with Crippen LogP contribution in [0.3, 0.4) is 0 Å². The number of hydrogen-bond acceptors (Lipinski definition) is 2.